The minimum absolute atomic E-state index is 0.0350. The van der Waals surface area contributed by atoms with Crippen molar-refractivity contribution in [3.63, 3.8) is 0 Å². The van der Waals surface area contributed by atoms with Crippen LogP contribution < -0.4 is 16.8 Å². The number of carbonyl (C=O) groups is 5. The predicted molar refractivity (Wildman–Crippen MR) is 163 cm³/mol. The number of hydroxylamine groups is 2. The molecule has 0 radical (unpaired) electrons. The number of carbonyl (C=O) groups excluding carboxylic acids is 5. The number of anilines is 1. The number of rotatable bonds is 16. The molecule has 0 bridgehead atoms. The molecule has 21 nitrogen and oxygen atoms in total. The second kappa shape index (κ2) is 15.8. The normalized spacial score (nSPS) is 15.5. The lowest BCUT2D eigenvalue weighted by Crippen LogP contribution is -2.74. The Kier molecular flexibility index (Phi) is 11.4. The fourth-order valence-electron chi connectivity index (χ4n) is 3.95. The number of amides is 3. The number of thiazole rings is 1. The maximum Gasteiger partial charge on any atom is 0.347 e. The van der Waals surface area contributed by atoms with Gasteiger partial charge in [0.2, 0.25) is 12.5 Å². The van der Waals surface area contributed by atoms with Gasteiger partial charge in [-0.05, 0) is 35.4 Å². The maximum absolute atomic E-state index is 13.1. The first kappa shape index (κ1) is 35.3. The van der Waals surface area contributed by atoms with Crippen molar-refractivity contribution in [1.29, 1.82) is 0 Å². The minimum atomic E-state index is -1.56. The molecule has 1 fully saturated rings. The largest absolute Gasteiger partial charge is 0.459 e. The SMILES string of the molecule is NC(=O)[C@H]1[C@H](NC(=O)C(=NOCC(=O)OCc2ccc([N+](=O)[O-])cc2)c2csc(N)n2)C(=O)N1OCC(=O)OCc1ccc([N+](=O)[O-])cc1. The van der Waals surface area contributed by atoms with Gasteiger partial charge in [-0.1, -0.05) is 5.16 Å². The van der Waals surface area contributed by atoms with Crippen LogP contribution in [-0.4, -0.2) is 80.6 Å². The molecule has 1 aromatic heterocycles. The Bertz CT molecular complexity index is 1800. The summed E-state index contributed by atoms with van der Waals surface area (Å²) in [6.45, 7) is -2.12. The number of hydrogen-bond acceptors (Lipinski definition) is 17. The van der Waals surface area contributed by atoms with Gasteiger partial charge in [-0.3, -0.25) is 39.4 Å². The molecule has 49 heavy (non-hydrogen) atoms. The number of ether oxygens (including phenoxy) is 2. The molecule has 1 saturated heterocycles. The molecule has 2 aromatic carbocycles. The molecule has 22 heteroatoms. The van der Waals surface area contributed by atoms with Crippen LogP contribution in [0.4, 0.5) is 16.5 Å². The number of nitrogens with zero attached hydrogens (tertiary/aromatic N) is 5. The molecule has 0 aliphatic carbocycles. The lowest BCUT2D eigenvalue weighted by molar-refractivity contribution is -0.385. The summed E-state index contributed by atoms with van der Waals surface area (Å²) in [4.78, 5) is 96.7. The third-order valence-electron chi connectivity index (χ3n) is 6.36. The van der Waals surface area contributed by atoms with E-state index in [-0.39, 0.29) is 35.4 Å². The Balaban J connectivity index is 1.31. The van der Waals surface area contributed by atoms with Gasteiger partial charge in [-0.15, -0.1) is 11.3 Å². The van der Waals surface area contributed by atoms with Crippen molar-refractivity contribution in [1.82, 2.24) is 15.4 Å². The maximum atomic E-state index is 13.1. The van der Waals surface area contributed by atoms with Crippen LogP contribution in [0.25, 0.3) is 0 Å². The Labute approximate surface area is 277 Å². The number of benzene rings is 2. The molecule has 0 saturated carbocycles. The van der Waals surface area contributed by atoms with Gasteiger partial charge in [-0.25, -0.2) is 19.6 Å². The highest BCUT2D eigenvalue weighted by Gasteiger charge is 2.53. The topological polar surface area (TPSA) is 301 Å². The second-order valence-electron chi connectivity index (χ2n) is 9.69. The molecule has 1 aliphatic rings. The third kappa shape index (κ3) is 9.26. The van der Waals surface area contributed by atoms with Crippen LogP contribution in [0.1, 0.15) is 16.8 Å². The van der Waals surface area contributed by atoms with Gasteiger partial charge in [0.25, 0.3) is 23.2 Å². The number of esters is 2. The Morgan fingerprint density at radius 2 is 1.45 bits per heavy atom. The smallest absolute Gasteiger partial charge is 0.347 e. The van der Waals surface area contributed by atoms with Crippen molar-refractivity contribution < 1.29 is 53.0 Å². The second-order valence-corrected chi connectivity index (χ2v) is 10.6. The highest BCUT2D eigenvalue weighted by molar-refractivity contribution is 7.13. The van der Waals surface area contributed by atoms with Crippen molar-refractivity contribution in [2.45, 2.75) is 25.3 Å². The van der Waals surface area contributed by atoms with Gasteiger partial charge in [0.05, 0.1) is 9.85 Å². The number of oxime groups is 1. The molecule has 2 heterocycles. The average Bonchev–Trinajstić information content (AvgIpc) is 3.50. The van der Waals surface area contributed by atoms with Gasteiger partial charge >= 0.3 is 11.9 Å². The number of nitrogens with two attached hydrogens (primary N) is 2. The highest BCUT2D eigenvalue weighted by Crippen LogP contribution is 2.22. The number of non-ortho nitro benzene ring substituents is 2. The van der Waals surface area contributed by atoms with Crippen molar-refractivity contribution in [2.24, 2.45) is 10.9 Å². The van der Waals surface area contributed by atoms with Crippen LogP contribution >= 0.6 is 11.3 Å². The van der Waals surface area contributed by atoms with Crippen LogP contribution in [0, 0.1) is 20.2 Å². The predicted octanol–water partition coefficient (Wildman–Crippen LogP) is -0.138. The molecule has 1 aliphatic heterocycles. The quantitative estimate of drug-likeness (QED) is 0.0576. The Morgan fingerprint density at radius 3 is 1.92 bits per heavy atom. The molecule has 0 unspecified atom stereocenters. The first-order valence-electron chi connectivity index (χ1n) is 13.6. The fraction of sp³-hybridized carbons (Fsp3) is 0.222. The number of aromatic nitrogens is 1. The number of nitrogens with one attached hydrogen (secondary N) is 1. The molecule has 3 aromatic rings. The van der Waals surface area contributed by atoms with E-state index in [1.54, 1.807) is 0 Å². The van der Waals surface area contributed by atoms with Crippen LogP contribution in [-0.2, 0) is 56.3 Å². The van der Waals surface area contributed by atoms with Gasteiger partial charge in [0.1, 0.15) is 24.9 Å². The summed E-state index contributed by atoms with van der Waals surface area (Å²) in [5.41, 5.74) is 11.0. The van der Waals surface area contributed by atoms with Crippen LogP contribution in [0.2, 0.25) is 0 Å². The summed E-state index contributed by atoms with van der Waals surface area (Å²) in [6.07, 6.45) is 0. The van der Waals surface area contributed by atoms with E-state index in [1.807, 2.05) is 0 Å². The zero-order valence-corrected chi connectivity index (χ0v) is 25.6. The van der Waals surface area contributed by atoms with E-state index in [4.69, 9.17) is 30.6 Å². The molecule has 0 spiro atoms. The van der Waals surface area contributed by atoms with E-state index in [0.29, 0.717) is 16.2 Å². The average molecular weight is 701 g/mol. The van der Waals surface area contributed by atoms with E-state index in [2.05, 4.69) is 15.5 Å². The summed E-state index contributed by atoms with van der Waals surface area (Å²) in [5.74, 6) is -5.03. The Hall–Kier alpha value is -6.55. The number of nitrogen functional groups attached to an aromatic ring is 1. The molecule has 256 valence electrons. The summed E-state index contributed by atoms with van der Waals surface area (Å²) in [7, 11) is 0. The van der Waals surface area contributed by atoms with Gasteiger partial charge in [0.15, 0.2) is 23.5 Å². The number of primary amides is 1. The molecule has 2 atom stereocenters. The van der Waals surface area contributed by atoms with E-state index in [1.165, 1.54) is 53.9 Å². The van der Waals surface area contributed by atoms with E-state index < -0.39 is 70.5 Å². The van der Waals surface area contributed by atoms with E-state index in [0.717, 1.165) is 11.3 Å². The van der Waals surface area contributed by atoms with Crippen molar-refractivity contribution in [3.8, 4) is 0 Å². The third-order valence-corrected chi connectivity index (χ3v) is 7.04. The zero-order chi connectivity index (χ0) is 35.7. The summed E-state index contributed by atoms with van der Waals surface area (Å²) in [6, 6.07) is 7.32. The number of hydrogen-bond donors (Lipinski definition) is 3. The number of β-lactam (4-membered cyclic amide) rings is 1. The number of nitro benzene ring substituents is 2. The number of nitro groups is 2. The summed E-state index contributed by atoms with van der Waals surface area (Å²) in [5, 5.41) is 29.2. The van der Waals surface area contributed by atoms with Crippen LogP contribution in [0.15, 0.2) is 59.1 Å². The molecule has 5 N–H and O–H groups in total. The molecule has 3 amide bonds. The minimum Gasteiger partial charge on any atom is -0.459 e. The molecule has 4 rings (SSSR count). The van der Waals surface area contributed by atoms with Crippen molar-refractivity contribution >= 4 is 63.2 Å². The van der Waals surface area contributed by atoms with E-state index >= 15 is 0 Å². The fourth-order valence-corrected chi connectivity index (χ4v) is 4.50. The first-order valence-corrected chi connectivity index (χ1v) is 14.5. The molecular weight excluding hydrogens is 676 g/mol. The standard InChI is InChI=1S/C27H24N8O13S/c28-24(38)23-22(26(40)33(23)48-12-20(37)46-10-15-3-7-17(8-4-15)35(43)44)31-25(39)21(18-13-49-27(29)30-18)32-47-11-19(36)45-9-14-1-5-16(6-2-14)34(41)42/h1-8,13,22-23H,9-12H2,(H2,28,38)(H2,29,30)(H,31,39)/t22-,23+/m0/s1. The van der Waals surface area contributed by atoms with Crippen molar-refractivity contribution in [3.05, 3.63) is 91.0 Å². The highest BCUT2D eigenvalue weighted by atomic mass is 32.1. The van der Waals surface area contributed by atoms with Crippen molar-refractivity contribution in [2.75, 3.05) is 18.9 Å². The van der Waals surface area contributed by atoms with Crippen LogP contribution in [0.3, 0.4) is 0 Å². The first-order chi connectivity index (χ1) is 23.3. The Morgan fingerprint density at radius 1 is 0.918 bits per heavy atom. The van der Waals surface area contributed by atoms with Gasteiger partial charge in [-0.2, -0.15) is 0 Å². The van der Waals surface area contributed by atoms with Crippen LogP contribution in [0.5, 0.6) is 0 Å². The van der Waals surface area contributed by atoms with Gasteiger partial charge < -0.3 is 31.1 Å². The van der Waals surface area contributed by atoms with Gasteiger partial charge in [0, 0.05) is 29.6 Å². The van der Waals surface area contributed by atoms with E-state index in [9.17, 15) is 44.2 Å². The summed E-state index contributed by atoms with van der Waals surface area (Å²) < 4.78 is 10.0. The lowest BCUT2D eigenvalue weighted by atomic mass is 9.97. The zero-order valence-electron chi connectivity index (χ0n) is 24.8. The summed E-state index contributed by atoms with van der Waals surface area (Å²) >= 11 is 0.933. The molecular formula is C27H24N8O13S. The monoisotopic (exact) mass is 700 g/mol. The lowest BCUT2D eigenvalue weighted by Gasteiger charge is -2.43.